The van der Waals surface area contributed by atoms with Crippen LogP contribution < -0.4 is 10.5 Å². The van der Waals surface area contributed by atoms with Gasteiger partial charge in [-0.05, 0) is 18.6 Å². The van der Waals surface area contributed by atoms with Crippen LogP contribution in [0.1, 0.15) is 5.56 Å². The standard InChI is InChI=1S/C12H12ClN3O/c1-7-3-4-8(5-9(7)13)10-6-11(17-2)16-12(14)15-10/h3-6H,1-2H3,(H2,14,15,16). The third kappa shape index (κ3) is 2.47. The number of aromatic nitrogens is 2. The van der Waals surface area contributed by atoms with Crippen molar-refractivity contribution in [3.63, 3.8) is 0 Å². The number of aryl methyl sites for hydroxylation is 1. The number of hydrogen-bond donors (Lipinski definition) is 1. The summed E-state index contributed by atoms with van der Waals surface area (Å²) < 4.78 is 5.05. The van der Waals surface area contributed by atoms with E-state index < -0.39 is 0 Å². The first-order valence-corrected chi connectivity index (χ1v) is 5.43. The average Bonchev–Trinajstić information content (AvgIpc) is 2.32. The summed E-state index contributed by atoms with van der Waals surface area (Å²) in [7, 11) is 1.54. The van der Waals surface area contributed by atoms with E-state index in [0.29, 0.717) is 16.6 Å². The molecule has 0 aliphatic heterocycles. The lowest BCUT2D eigenvalue weighted by molar-refractivity contribution is 0.398. The van der Waals surface area contributed by atoms with Crippen molar-refractivity contribution in [1.29, 1.82) is 0 Å². The van der Waals surface area contributed by atoms with Crippen LogP contribution in [0.25, 0.3) is 11.3 Å². The molecule has 0 atom stereocenters. The summed E-state index contributed by atoms with van der Waals surface area (Å²) in [4.78, 5) is 8.08. The highest BCUT2D eigenvalue weighted by Crippen LogP contribution is 2.26. The molecule has 5 heteroatoms. The largest absolute Gasteiger partial charge is 0.481 e. The van der Waals surface area contributed by atoms with Crippen LogP contribution in [0.2, 0.25) is 5.02 Å². The topological polar surface area (TPSA) is 61.0 Å². The molecule has 1 aromatic heterocycles. The van der Waals surface area contributed by atoms with Crippen LogP contribution in [-0.4, -0.2) is 17.1 Å². The maximum Gasteiger partial charge on any atom is 0.223 e. The molecular weight excluding hydrogens is 238 g/mol. The van der Waals surface area contributed by atoms with Crippen molar-refractivity contribution in [2.24, 2.45) is 0 Å². The van der Waals surface area contributed by atoms with E-state index in [2.05, 4.69) is 9.97 Å². The van der Waals surface area contributed by atoms with E-state index in [9.17, 15) is 0 Å². The van der Waals surface area contributed by atoms with Gasteiger partial charge in [0.15, 0.2) is 0 Å². The molecule has 0 amide bonds. The van der Waals surface area contributed by atoms with Crippen molar-refractivity contribution in [2.75, 3.05) is 12.8 Å². The Morgan fingerprint density at radius 1 is 1.24 bits per heavy atom. The number of nitrogens with two attached hydrogens (primary N) is 1. The van der Waals surface area contributed by atoms with Crippen molar-refractivity contribution < 1.29 is 4.74 Å². The van der Waals surface area contributed by atoms with Crippen molar-refractivity contribution >= 4 is 17.5 Å². The van der Waals surface area contributed by atoms with Gasteiger partial charge in [0.1, 0.15) is 0 Å². The number of nitrogens with zero attached hydrogens (tertiary/aromatic N) is 2. The normalized spacial score (nSPS) is 10.3. The molecule has 2 N–H and O–H groups in total. The van der Waals surface area contributed by atoms with Crippen molar-refractivity contribution in [2.45, 2.75) is 6.92 Å². The summed E-state index contributed by atoms with van der Waals surface area (Å²) in [5, 5.41) is 0.693. The summed E-state index contributed by atoms with van der Waals surface area (Å²) >= 11 is 6.07. The highest BCUT2D eigenvalue weighted by Gasteiger charge is 2.06. The van der Waals surface area contributed by atoms with Crippen LogP contribution in [0.5, 0.6) is 5.88 Å². The van der Waals surface area contributed by atoms with E-state index in [0.717, 1.165) is 11.1 Å². The zero-order valence-corrected chi connectivity index (χ0v) is 10.3. The predicted octanol–water partition coefficient (Wildman–Crippen LogP) is 2.70. The average molecular weight is 250 g/mol. The van der Waals surface area contributed by atoms with Gasteiger partial charge in [0, 0.05) is 16.7 Å². The minimum atomic E-state index is 0.177. The van der Waals surface area contributed by atoms with Gasteiger partial charge >= 0.3 is 0 Å². The number of rotatable bonds is 2. The number of halogens is 1. The van der Waals surface area contributed by atoms with E-state index in [1.165, 1.54) is 7.11 Å². The number of nitrogen functional groups attached to an aromatic ring is 1. The molecular formula is C12H12ClN3O. The molecule has 88 valence electrons. The Morgan fingerprint density at radius 3 is 2.65 bits per heavy atom. The minimum Gasteiger partial charge on any atom is -0.481 e. The Balaban J connectivity index is 2.52. The third-order valence-corrected chi connectivity index (χ3v) is 2.80. The Bertz CT molecular complexity index is 557. The first-order chi connectivity index (χ1) is 8.10. The van der Waals surface area contributed by atoms with E-state index >= 15 is 0 Å². The lowest BCUT2D eigenvalue weighted by atomic mass is 10.1. The monoisotopic (exact) mass is 249 g/mol. The number of ether oxygens (including phenoxy) is 1. The molecule has 0 saturated heterocycles. The zero-order chi connectivity index (χ0) is 12.4. The van der Waals surface area contributed by atoms with Crippen LogP contribution >= 0.6 is 11.6 Å². The summed E-state index contributed by atoms with van der Waals surface area (Å²) in [6, 6.07) is 7.43. The second kappa shape index (κ2) is 4.59. The van der Waals surface area contributed by atoms with Gasteiger partial charge in [-0.2, -0.15) is 4.98 Å². The van der Waals surface area contributed by atoms with Crippen LogP contribution in [0, 0.1) is 6.92 Å². The molecule has 2 aromatic rings. The van der Waals surface area contributed by atoms with Gasteiger partial charge in [0.05, 0.1) is 12.8 Å². The van der Waals surface area contributed by atoms with Gasteiger partial charge in [0.25, 0.3) is 0 Å². The number of methoxy groups -OCH3 is 1. The summed E-state index contributed by atoms with van der Waals surface area (Å²) in [6.45, 7) is 1.95. The molecule has 4 nitrogen and oxygen atoms in total. The van der Waals surface area contributed by atoms with Crippen LogP contribution in [0.4, 0.5) is 5.95 Å². The van der Waals surface area contributed by atoms with Gasteiger partial charge in [-0.1, -0.05) is 23.7 Å². The number of benzene rings is 1. The quantitative estimate of drug-likeness (QED) is 0.889. The Hall–Kier alpha value is -1.81. The molecule has 0 bridgehead atoms. The van der Waals surface area contributed by atoms with Gasteiger partial charge in [0.2, 0.25) is 11.8 Å². The van der Waals surface area contributed by atoms with Gasteiger partial charge in [-0.3, -0.25) is 0 Å². The maximum atomic E-state index is 6.07. The maximum absolute atomic E-state index is 6.07. The summed E-state index contributed by atoms with van der Waals surface area (Å²) in [5.74, 6) is 0.611. The molecule has 0 saturated carbocycles. The zero-order valence-electron chi connectivity index (χ0n) is 9.57. The van der Waals surface area contributed by atoms with Crippen molar-refractivity contribution in [3.8, 4) is 17.1 Å². The molecule has 0 spiro atoms. The van der Waals surface area contributed by atoms with Crippen LogP contribution in [0.15, 0.2) is 24.3 Å². The molecule has 0 radical (unpaired) electrons. The van der Waals surface area contributed by atoms with E-state index in [1.807, 2.05) is 25.1 Å². The fourth-order valence-electron chi connectivity index (χ4n) is 1.45. The molecule has 0 aliphatic carbocycles. The molecule has 17 heavy (non-hydrogen) atoms. The third-order valence-electron chi connectivity index (χ3n) is 2.40. The molecule has 0 unspecified atom stereocenters. The Labute approximate surface area is 104 Å². The highest BCUT2D eigenvalue weighted by molar-refractivity contribution is 6.31. The smallest absolute Gasteiger partial charge is 0.223 e. The molecule has 0 fully saturated rings. The first kappa shape index (κ1) is 11.7. The van der Waals surface area contributed by atoms with Gasteiger partial charge < -0.3 is 10.5 Å². The number of hydrogen-bond acceptors (Lipinski definition) is 4. The molecule has 2 rings (SSSR count). The predicted molar refractivity (Wildman–Crippen MR) is 68.2 cm³/mol. The SMILES string of the molecule is COc1cc(-c2ccc(C)c(Cl)c2)nc(N)n1. The van der Waals surface area contributed by atoms with E-state index in [4.69, 9.17) is 22.1 Å². The second-order valence-electron chi connectivity index (χ2n) is 3.62. The Morgan fingerprint density at radius 2 is 2.00 bits per heavy atom. The minimum absolute atomic E-state index is 0.177. The molecule has 1 aromatic carbocycles. The van der Waals surface area contributed by atoms with Gasteiger partial charge in [-0.15, -0.1) is 0 Å². The lowest BCUT2D eigenvalue weighted by Gasteiger charge is -2.06. The number of anilines is 1. The van der Waals surface area contributed by atoms with Crippen molar-refractivity contribution in [3.05, 3.63) is 34.9 Å². The molecule has 1 heterocycles. The van der Waals surface area contributed by atoms with E-state index in [1.54, 1.807) is 6.07 Å². The van der Waals surface area contributed by atoms with E-state index in [-0.39, 0.29) is 5.95 Å². The fourth-order valence-corrected chi connectivity index (χ4v) is 1.63. The van der Waals surface area contributed by atoms with Crippen LogP contribution in [-0.2, 0) is 0 Å². The highest BCUT2D eigenvalue weighted by atomic mass is 35.5. The first-order valence-electron chi connectivity index (χ1n) is 5.05. The summed E-state index contributed by atoms with van der Waals surface area (Å²) in [5.41, 5.74) is 8.20. The fraction of sp³-hybridized carbons (Fsp3) is 0.167. The van der Waals surface area contributed by atoms with Gasteiger partial charge in [-0.25, -0.2) is 4.98 Å². The van der Waals surface area contributed by atoms with Crippen LogP contribution in [0.3, 0.4) is 0 Å². The summed E-state index contributed by atoms with van der Waals surface area (Å²) in [6.07, 6.45) is 0. The van der Waals surface area contributed by atoms with Crippen molar-refractivity contribution in [1.82, 2.24) is 9.97 Å². The molecule has 0 aliphatic rings. The lowest BCUT2D eigenvalue weighted by Crippen LogP contribution is -1.99. The second-order valence-corrected chi connectivity index (χ2v) is 4.02. The Kier molecular flexibility index (Phi) is 3.15.